The maximum atomic E-state index is 9.61. The zero-order chi connectivity index (χ0) is 12.8. The molecule has 0 spiro atoms. The van der Waals surface area contributed by atoms with E-state index in [1.165, 1.54) is 12.0 Å². The van der Waals surface area contributed by atoms with Crippen molar-refractivity contribution in [3.8, 4) is 6.07 Å². The number of nitriles is 1. The number of rotatable bonds is 4. The monoisotopic (exact) mass is 244 g/mol. The van der Waals surface area contributed by atoms with Crippen LogP contribution in [-0.2, 0) is 0 Å². The van der Waals surface area contributed by atoms with E-state index in [2.05, 4.69) is 23.5 Å². The van der Waals surface area contributed by atoms with Crippen LogP contribution in [0.25, 0.3) is 0 Å². The molecule has 0 aliphatic heterocycles. The van der Waals surface area contributed by atoms with E-state index in [-0.39, 0.29) is 12.5 Å². The van der Waals surface area contributed by atoms with Crippen molar-refractivity contribution in [3.05, 3.63) is 35.9 Å². The minimum Gasteiger partial charge on any atom is -0.395 e. The van der Waals surface area contributed by atoms with Crippen LogP contribution < -0.4 is 5.32 Å². The molecule has 0 heterocycles. The summed E-state index contributed by atoms with van der Waals surface area (Å²) in [4.78, 5) is 0. The van der Waals surface area contributed by atoms with E-state index in [4.69, 9.17) is 5.11 Å². The van der Waals surface area contributed by atoms with Gasteiger partial charge in [-0.05, 0) is 18.4 Å². The lowest BCUT2D eigenvalue weighted by Crippen LogP contribution is -2.51. The second kappa shape index (κ2) is 5.99. The number of nitrogens with one attached hydrogen (secondary N) is 1. The van der Waals surface area contributed by atoms with Gasteiger partial charge in [0.05, 0.1) is 12.7 Å². The van der Waals surface area contributed by atoms with Gasteiger partial charge in [0.2, 0.25) is 0 Å². The summed E-state index contributed by atoms with van der Waals surface area (Å²) in [5.41, 5.74) is 0.715. The van der Waals surface area contributed by atoms with Crippen LogP contribution in [0.2, 0.25) is 0 Å². The molecule has 1 fully saturated rings. The quantitative estimate of drug-likeness (QED) is 0.853. The average Bonchev–Trinajstić information content (AvgIpc) is 2.46. The van der Waals surface area contributed by atoms with Crippen molar-refractivity contribution in [1.29, 1.82) is 5.26 Å². The summed E-state index contributed by atoms with van der Waals surface area (Å²) in [6.07, 6.45) is 4.15. The molecule has 1 aliphatic rings. The van der Waals surface area contributed by atoms with Gasteiger partial charge in [0.1, 0.15) is 5.54 Å². The molecule has 0 amide bonds. The largest absolute Gasteiger partial charge is 0.395 e. The Kier molecular flexibility index (Phi) is 4.35. The predicted molar refractivity (Wildman–Crippen MR) is 71.1 cm³/mol. The SMILES string of the molecule is N#CC1(NCCO)CCCCC1c1ccccc1. The first-order valence-corrected chi connectivity index (χ1v) is 6.64. The Morgan fingerprint density at radius 3 is 2.78 bits per heavy atom. The number of hydrogen-bond acceptors (Lipinski definition) is 3. The zero-order valence-electron chi connectivity index (χ0n) is 10.6. The number of benzene rings is 1. The van der Waals surface area contributed by atoms with Crippen LogP contribution in [-0.4, -0.2) is 23.8 Å². The number of hydrogen-bond donors (Lipinski definition) is 2. The van der Waals surface area contributed by atoms with Crippen LogP contribution in [0.15, 0.2) is 30.3 Å². The molecule has 1 aromatic carbocycles. The third kappa shape index (κ3) is 2.55. The predicted octanol–water partition coefficient (Wildman–Crippen LogP) is 2.19. The average molecular weight is 244 g/mol. The van der Waals surface area contributed by atoms with Crippen LogP contribution in [0.3, 0.4) is 0 Å². The smallest absolute Gasteiger partial charge is 0.113 e. The molecule has 0 saturated heterocycles. The molecule has 0 radical (unpaired) electrons. The van der Waals surface area contributed by atoms with Gasteiger partial charge < -0.3 is 5.11 Å². The van der Waals surface area contributed by atoms with Crippen LogP contribution in [0, 0.1) is 11.3 Å². The van der Waals surface area contributed by atoms with Crippen molar-refractivity contribution in [1.82, 2.24) is 5.32 Å². The van der Waals surface area contributed by atoms with Crippen LogP contribution in [0.1, 0.15) is 37.2 Å². The number of aliphatic hydroxyl groups is 1. The standard InChI is InChI=1S/C15H20N2O/c16-12-15(17-10-11-18)9-5-4-8-14(15)13-6-2-1-3-7-13/h1-3,6-7,14,17-18H,4-5,8-11H2. The molecule has 2 rings (SSSR count). The second-order valence-corrected chi connectivity index (χ2v) is 4.94. The molecule has 2 N–H and O–H groups in total. The van der Waals surface area contributed by atoms with Crippen molar-refractivity contribution in [2.24, 2.45) is 0 Å². The Bertz CT molecular complexity index is 412. The van der Waals surface area contributed by atoms with Crippen LogP contribution in [0.5, 0.6) is 0 Å². The molecular weight excluding hydrogens is 224 g/mol. The molecule has 3 heteroatoms. The fraction of sp³-hybridized carbons (Fsp3) is 0.533. The van der Waals surface area contributed by atoms with E-state index in [0.717, 1.165) is 19.3 Å². The number of nitrogens with zero attached hydrogens (tertiary/aromatic N) is 1. The summed E-state index contributed by atoms with van der Waals surface area (Å²) in [5, 5.41) is 21.9. The Morgan fingerprint density at radius 1 is 1.33 bits per heavy atom. The van der Waals surface area contributed by atoms with Gasteiger partial charge in [-0.3, -0.25) is 5.32 Å². The van der Waals surface area contributed by atoms with Gasteiger partial charge in [-0.2, -0.15) is 5.26 Å². The zero-order valence-corrected chi connectivity index (χ0v) is 10.6. The van der Waals surface area contributed by atoms with Crippen LogP contribution >= 0.6 is 0 Å². The Morgan fingerprint density at radius 2 is 2.11 bits per heavy atom. The number of aliphatic hydroxyl groups excluding tert-OH is 1. The highest BCUT2D eigenvalue weighted by molar-refractivity contribution is 5.30. The molecular formula is C15H20N2O. The van der Waals surface area contributed by atoms with E-state index in [9.17, 15) is 5.26 Å². The molecule has 3 nitrogen and oxygen atoms in total. The third-order valence-electron chi connectivity index (χ3n) is 3.86. The highest BCUT2D eigenvalue weighted by atomic mass is 16.3. The fourth-order valence-corrected chi connectivity index (χ4v) is 2.97. The van der Waals surface area contributed by atoms with E-state index >= 15 is 0 Å². The summed E-state index contributed by atoms with van der Waals surface area (Å²) >= 11 is 0. The van der Waals surface area contributed by atoms with Gasteiger partial charge in [-0.15, -0.1) is 0 Å². The Hall–Kier alpha value is -1.37. The number of β-amino-alcohol motifs (C(OH)–C–C–N with tert-alkyl or cyclic N) is 1. The first-order chi connectivity index (χ1) is 8.82. The molecule has 1 saturated carbocycles. The summed E-state index contributed by atoms with van der Waals surface area (Å²) in [6.45, 7) is 0.557. The normalized spacial score (nSPS) is 27.7. The molecule has 18 heavy (non-hydrogen) atoms. The van der Waals surface area contributed by atoms with Gasteiger partial charge in [-0.25, -0.2) is 0 Å². The maximum Gasteiger partial charge on any atom is 0.113 e. The summed E-state index contributed by atoms with van der Waals surface area (Å²) in [7, 11) is 0. The Balaban J connectivity index is 2.27. The van der Waals surface area contributed by atoms with E-state index in [1.807, 2.05) is 18.2 Å². The fourth-order valence-electron chi connectivity index (χ4n) is 2.97. The van der Waals surface area contributed by atoms with Crippen molar-refractivity contribution in [2.75, 3.05) is 13.2 Å². The molecule has 1 aromatic rings. The van der Waals surface area contributed by atoms with Crippen molar-refractivity contribution in [2.45, 2.75) is 37.1 Å². The topological polar surface area (TPSA) is 56.0 Å². The van der Waals surface area contributed by atoms with E-state index in [1.54, 1.807) is 0 Å². The highest BCUT2D eigenvalue weighted by Crippen LogP contribution is 2.40. The first kappa shape index (κ1) is 13.1. The summed E-state index contributed by atoms with van der Waals surface area (Å²) in [5.74, 6) is 0.226. The lowest BCUT2D eigenvalue weighted by atomic mass is 9.70. The summed E-state index contributed by atoms with van der Waals surface area (Å²) < 4.78 is 0. The van der Waals surface area contributed by atoms with E-state index < -0.39 is 5.54 Å². The lowest BCUT2D eigenvalue weighted by Gasteiger charge is -2.40. The molecule has 96 valence electrons. The molecule has 0 bridgehead atoms. The van der Waals surface area contributed by atoms with Gasteiger partial charge in [0.15, 0.2) is 0 Å². The van der Waals surface area contributed by atoms with Crippen molar-refractivity contribution >= 4 is 0 Å². The minimum atomic E-state index is -0.512. The molecule has 1 aliphatic carbocycles. The summed E-state index contributed by atoms with van der Waals surface area (Å²) in [6, 6.07) is 12.7. The second-order valence-electron chi connectivity index (χ2n) is 4.94. The van der Waals surface area contributed by atoms with Crippen molar-refractivity contribution < 1.29 is 5.11 Å². The maximum absolute atomic E-state index is 9.61. The van der Waals surface area contributed by atoms with Gasteiger partial charge >= 0.3 is 0 Å². The van der Waals surface area contributed by atoms with Gasteiger partial charge in [0, 0.05) is 12.5 Å². The minimum absolute atomic E-state index is 0.0743. The van der Waals surface area contributed by atoms with E-state index in [0.29, 0.717) is 6.54 Å². The Labute approximate surface area is 108 Å². The first-order valence-electron chi connectivity index (χ1n) is 6.64. The van der Waals surface area contributed by atoms with Gasteiger partial charge in [-0.1, -0.05) is 43.2 Å². The molecule has 2 atom stereocenters. The molecule has 0 aromatic heterocycles. The van der Waals surface area contributed by atoms with Gasteiger partial charge in [0.25, 0.3) is 0 Å². The van der Waals surface area contributed by atoms with Crippen LogP contribution in [0.4, 0.5) is 0 Å². The lowest BCUT2D eigenvalue weighted by molar-refractivity contribution is 0.222. The highest BCUT2D eigenvalue weighted by Gasteiger charge is 2.41. The van der Waals surface area contributed by atoms with Crippen molar-refractivity contribution in [3.63, 3.8) is 0 Å². The molecule has 2 unspecified atom stereocenters. The third-order valence-corrected chi connectivity index (χ3v) is 3.86.